The number of sulfonamides is 1. The van der Waals surface area contributed by atoms with Crippen LogP contribution in [0.2, 0.25) is 5.02 Å². The van der Waals surface area contributed by atoms with Gasteiger partial charge in [-0.1, -0.05) is 29.8 Å². The van der Waals surface area contributed by atoms with Crippen molar-refractivity contribution < 1.29 is 8.42 Å². The Labute approximate surface area is 130 Å². The summed E-state index contributed by atoms with van der Waals surface area (Å²) >= 11 is 6.09. The first-order valence-corrected chi connectivity index (χ1v) is 8.36. The lowest BCUT2D eigenvalue weighted by Gasteiger charge is -2.18. The van der Waals surface area contributed by atoms with E-state index < -0.39 is 10.0 Å². The molecule has 0 saturated carbocycles. The van der Waals surface area contributed by atoms with Gasteiger partial charge in [-0.2, -0.15) is 0 Å². The highest BCUT2D eigenvalue weighted by atomic mass is 35.5. The Balaban J connectivity index is 2.29. The highest BCUT2D eigenvalue weighted by Crippen LogP contribution is 2.27. The molecule has 6 heteroatoms. The van der Waals surface area contributed by atoms with Crippen LogP contribution in [0.1, 0.15) is 24.1 Å². The van der Waals surface area contributed by atoms with E-state index in [1.807, 2.05) is 38.1 Å². The molecule has 0 heterocycles. The number of rotatable bonds is 4. The zero-order valence-corrected chi connectivity index (χ0v) is 13.4. The van der Waals surface area contributed by atoms with E-state index in [0.29, 0.717) is 5.02 Å². The molecule has 0 fully saturated rings. The Morgan fingerprint density at radius 3 is 2.52 bits per heavy atom. The van der Waals surface area contributed by atoms with Crippen molar-refractivity contribution in [3.63, 3.8) is 0 Å². The van der Waals surface area contributed by atoms with Gasteiger partial charge in [0.25, 0.3) is 0 Å². The Morgan fingerprint density at radius 2 is 1.86 bits per heavy atom. The monoisotopic (exact) mass is 324 g/mol. The summed E-state index contributed by atoms with van der Waals surface area (Å²) < 4.78 is 22.8. The number of halogens is 1. The van der Waals surface area contributed by atoms with Gasteiger partial charge >= 0.3 is 0 Å². The van der Waals surface area contributed by atoms with E-state index in [2.05, 4.69) is 5.32 Å². The van der Waals surface area contributed by atoms with Gasteiger partial charge in [-0.05, 0) is 49.2 Å². The van der Waals surface area contributed by atoms with Crippen molar-refractivity contribution >= 4 is 27.3 Å². The fourth-order valence-electron chi connectivity index (χ4n) is 2.04. The molecule has 0 aromatic heterocycles. The summed E-state index contributed by atoms with van der Waals surface area (Å²) in [7, 11) is -3.70. The second-order valence-corrected chi connectivity index (χ2v) is 6.86. The van der Waals surface area contributed by atoms with Crippen molar-refractivity contribution in [3.05, 3.63) is 58.6 Å². The molecule has 1 unspecified atom stereocenters. The van der Waals surface area contributed by atoms with Crippen LogP contribution in [-0.4, -0.2) is 8.42 Å². The largest absolute Gasteiger partial charge is 0.378 e. The van der Waals surface area contributed by atoms with E-state index in [0.717, 1.165) is 16.8 Å². The zero-order chi connectivity index (χ0) is 15.6. The van der Waals surface area contributed by atoms with Gasteiger partial charge in [-0.25, -0.2) is 13.6 Å². The van der Waals surface area contributed by atoms with Crippen molar-refractivity contribution in [2.75, 3.05) is 5.32 Å². The van der Waals surface area contributed by atoms with Gasteiger partial charge < -0.3 is 5.32 Å². The molecule has 0 saturated heterocycles. The SMILES string of the molecule is Cc1c(Cl)cccc1NC(C)c1cccc(S(N)(=O)=O)c1. The van der Waals surface area contributed by atoms with Gasteiger partial charge in [0.15, 0.2) is 0 Å². The van der Waals surface area contributed by atoms with Gasteiger partial charge in [0, 0.05) is 16.8 Å². The fraction of sp³-hybridized carbons (Fsp3) is 0.200. The number of hydrogen-bond acceptors (Lipinski definition) is 3. The molecular weight excluding hydrogens is 308 g/mol. The first kappa shape index (κ1) is 15.8. The molecule has 0 aliphatic rings. The third kappa shape index (κ3) is 3.75. The van der Waals surface area contributed by atoms with Gasteiger partial charge in [0.2, 0.25) is 10.0 Å². The van der Waals surface area contributed by atoms with E-state index in [9.17, 15) is 8.42 Å². The maximum atomic E-state index is 11.4. The Bertz CT molecular complexity index is 760. The Hall–Kier alpha value is -1.56. The van der Waals surface area contributed by atoms with Crippen LogP contribution in [0.25, 0.3) is 0 Å². The second-order valence-electron chi connectivity index (χ2n) is 4.90. The van der Waals surface area contributed by atoms with Crippen molar-refractivity contribution in [2.24, 2.45) is 5.14 Å². The fourth-order valence-corrected chi connectivity index (χ4v) is 2.78. The van der Waals surface area contributed by atoms with E-state index in [-0.39, 0.29) is 10.9 Å². The minimum absolute atomic E-state index is 0.0798. The summed E-state index contributed by atoms with van der Waals surface area (Å²) in [6, 6.07) is 12.1. The summed E-state index contributed by atoms with van der Waals surface area (Å²) in [6.45, 7) is 3.88. The molecule has 3 N–H and O–H groups in total. The predicted molar refractivity (Wildman–Crippen MR) is 86.0 cm³/mol. The summed E-state index contributed by atoms with van der Waals surface area (Å²) in [6.07, 6.45) is 0. The van der Waals surface area contributed by atoms with Crippen molar-refractivity contribution in [1.29, 1.82) is 0 Å². The number of nitrogens with one attached hydrogen (secondary N) is 1. The number of hydrogen-bond donors (Lipinski definition) is 2. The van der Waals surface area contributed by atoms with E-state index in [1.165, 1.54) is 6.07 Å². The lowest BCUT2D eigenvalue weighted by atomic mass is 10.1. The van der Waals surface area contributed by atoms with Crippen LogP contribution in [0.5, 0.6) is 0 Å². The number of nitrogens with two attached hydrogens (primary N) is 1. The van der Waals surface area contributed by atoms with Gasteiger partial charge in [0.1, 0.15) is 0 Å². The number of anilines is 1. The van der Waals surface area contributed by atoms with Crippen LogP contribution in [0.3, 0.4) is 0 Å². The zero-order valence-electron chi connectivity index (χ0n) is 11.8. The first-order valence-electron chi connectivity index (χ1n) is 6.43. The standard InChI is InChI=1S/C15H17ClN2O2S/c1-10-14(16)7-4-8-15(10)18-11(2)12-5-3-6-13(9-12)21(17,19)20/h3-9,11,18H,1-2H3,(H2,17,19,20). The summed E-state index contributed by atoms with van der Waals surface area (Å²) in [5.41, 5.74) is 2.70. The van der Waals surface area contributed by atoms with E-state index in [1.54, 1.807) is 12.1 Å². The van der Waals surface area contributed by atoms with Crippen LogP contribution in [0.4, 0.5) is 5.69 Å². The molecule has 112 valence electrons. The Kier molecular flexibility index (Phi) is 4.56. The van der Waals surface area contributed by atoms with E-state index >= 15 is 0 Å². The lowest BCUT2D eigenvalue weighted by molar-refractivity contribution is 0.597. The van der Waals surface area contributed by atoms with Crippen molar-refractivity contribution in [2.45, 2.75) is 24.8 Å². The summed E-state index contributed by atoms with van der Waals surface area (Å²) in [4.78, 5) is 0.108. The van der Waals surface area contributed by atoms with E-state index in [4.69, 9.17) is 16.7 Å². The molecule has 1 atom stereocenters. The van der Waals surface area contributed by atoms with Gasteiger partial charge in [0.05, 0.1) is 4.90 Å². The normalized spacial score (nSPS) is 13.0. The van der Waals surface area contributed by atoms with Crippen LogP contribution in [0.15, 0.2) is 47.4 Å². The third-order valence-corrected chi connectivity index (χ3v) is 4.65. The second kappa shape index (κ2) is 6.05. The van der Waals surface area contributed by atoms with Crippen molar-refractivity contribution in [3.8, 4) is 0 Å². The van der Waals surface area contributed by atoms with Crippen LogP contribution < -0.4 is 10.5 Å². The van der Waals surface area contributed by atoms with Crippen LogP contribution in [0, 0.1) is 6.92 Å². The predicted octanol–water partition coefficient (Wildman–Crippen LogP) is 3.47. The minimum Gasteiger partial charge on any atom is -0.378 e. The minimum atomic E-state index is -3.70. The third-order valence-electron chi connectivity index (χ3n) is 3.33. The van der Waals surface area contributed by atoms with Crippen LogP contribution in [-0.2, 0) is 10.0 Å². The summed E-state index contributed by atoms with van der Waals surface area (Å²) in [5.74, 6) is 0. The van der Waals surface area contributed by atoms with Gasteiger partial charge in [-0.15, -0.1) is 0 Å². The molecule has 0 aliphatic heterocycles. The highest BCUT2D eigenvalue weighted by molar-refractivity contribution is 7.89. The molecule has 2 rings (SSSR count). The molecule has 0 radical (unpaired) electrons. The molecule has 0 aliphatic carbocycles. The molecule has 21 heavy (non-hydrogen) atoms. The number of primary sulfonamides is 1. The maximum Gasteiger partial charge on any atom is 0.238 e. The Morgan fingerprint density at radius 1 is 1.19 bits per heavy atom. The molecular formula is C15H17ClN2O2S. The molecule has 0 bridgehead atoms. The highest BCUT2D eigenvalue weighted by Gasteiger charge is 2.12. The first-order chi connectivity index (χ1) is 9.79. The van der Waals surface area contributed by atoms with Crippen molar-refractivity contribution in [1.82, 2.24) is 0 Å². The number of benzene rings is 2. The average Bonchev–Trinajstić information content (AvgIpc) is 2.43. The molecule has 4 nitrogen and oxygen atoms in total. The molecule has 0 spiro atoms. The maximum absolute atomic E-state index is 11.4. The quantitative estimate of drug-likeness (QED) is 0.904. The lowest BCUT2D eigenvalue weighted by Crippen LogP contribution is -2.14. The smallest absolute Gasteiger partial charge is 0.238 e. The molecule has 2 aromatic rings. The molecule has 0 amide bonds. The molecule has 2 aromatic carbocycles. The van der Waals surface area contributed by atoms with Gasteiger partial charge in [-0.3, -0.25) is 0 Å². The average molecular weight is 325 g/mol. The topological polar surface area (TPSA) is 72.2 Å². The summed E-state index contributed by atoms with van der Waals surface area (Å²) in [5, 5.41) is 9.17. The van der Waals surface area contributed by atoms with Crippen LogP contribution >= 0.6 is 11.6 Å².